The highest BCUT2D eigenvalue weighted by Gasteiger charge is 2.22. The Labute approximate surface area is 154 Å². The molecule has 6 nitrogen and oxygen atoms in total. The Morgan fingerprint density at radius 2 is 1.88 bits per heavy atom. The van der Waals surface area contributed by atoms with E-state index in [1.165, 1.54) is 0 Å². The molecule has 138 valence electrons. The first-order chi connectivity index (χ1) is 12.7. The molecule has 2 aromatic rings. The Morgan fingerprint density at radius 3 is 2.65 bits per heavy atom. The van der Waals surface area contributed by atoms with Crippen LogP contribution in [0.1, 0.15) is 18.9 Å². The molecule has 1 N–H and O–H groups in total. The van der Waals surface area contributed by atoms with E-state index in [-0.39, 0.29) is 11.8 Å². The van der Waals surface area contributed by atoms with Gasteiger partial charge in [0.25, 0.3) is 0 Å². The van der Waals surface area contributed by atoms with Crippen molar-refractivity contribution in [2.24, 2.45) is 0 Å². The van der Waals surface area contributed by atoms with Crippen LogP contribution in [0.25, 0.3) is 10.9 Å². The number of amides is 2. The van der Waals surface area contributed by atoms with E-state index in [0.717, 1.165) is 42.5 Å². The maximum absolute atomic E-state index is 12.7. The number of para-hydroxylation sites is 1. The molecule has 0 aliphatic carbocycles. The van der Waals surface area contributed by atoms with Gasteiger partial charge in [-0.15, -0.1) is 0 Å². The second-order valence-electron chi connectivity index (χ2n) is 6.68. The van der Waals surface area contributed by atoms with Gasteiger partial charge >= 0.3 is 0 Å². The smallest absolute Gasteiger partial charge is 0.234 e. The van der Waals surface area contributed by atoms with Gasteiger partial charge in [-0.2, -0.15) is 0 Å². The number of aromatic nitrogens is 1. The lowest BCUT2D eigenvalue weighted by atomic mass is 10.1. The number of piperazine rings is 1. The van der Waals surface area contributed by atoms with Crippen LogP contribution in [0.5, 0.6) is 0 Å². The maximum Gasteiger partial charge on any atom is 0.234 e. The molecule has 1 aliphatic heterocycles. The fourth-order valence-electron chi connectivity index (χ4n) is 3.26. The van der Waals surface area contributed by atoms with E-state index in [1.54, 1.807) is 6.20 Å². The van der Waals surface area contributed by atoms with E-state index in [4.69, 9.17) is 0 Å². The second-order valence-corrected chi connectivity index (χ2v) is 6.68. The van der Waals surface area contributed by atoms with E-state index in [9.17, 15) is 9.59 Å². The Kier molecular flexibility index (Phi) is 6.17. The average molecular weight is 354 g/mol. The number of nitrogens with zero attached hydrogens (tertiary/aromatic N) is 3. The Hall–Kier alpha value is -2.47. The summed E-state index contributed by atoms with van der Waals surface area (Å²) >= 11 is 0. The normalized spacial score (nSPS) is 15.2. The van der Waals surface area contributed by atoms with Gasteiger partial charge in [0.05, 0.1) is 18.5 Å². The summed E-state index contributed by atoms with van der Waals surface area (Å²) in [6.45, 7) is 5.97. The number of hydrogen-bond donors (Lipinski definition) is 1. The molecule has 2 heterocycles. The van der Waals surface area contributed by atoms with Crippen molar-refractivity contribution < 1.29 is 9.59 Å². The van der Waals surface area contributed by atoms with Crippen molar-refractivity contribution in [2.75, 3.05) is 39.3 Å². The number of nitrogens with one attached hydrogen (secondary N) is 1. The largest absolute Gasteiger partial charge is 0.355 e. The minimum absolute atomic E-state index is 0.0634. The van der Waals surface area contributed by atoms with Crippen molar-refractivity contribution in [1.82, 2.24) is 20.1 Å². The van der Waals surface area contributed by atoms with Crippen molar-refractivity contribution in [1.29, 1.82) is 0 Å². The average Bonchev–Trinajstić information content (AvgIpc) is 2.67. The molecule has 1 aromatic heterocycles. The monoisotopic (exact) mass is 354 g/mol. The minimum Gasteiger partial charge on any atom is -0.355 e. The molecule has 0 unspecified atom stereocenters. The van der Waals surface area contributed by atoms with Gasteiger partial charge in [0.2, 0.25) is 11.8 Å². The highest BCUT2D eigenvalue weighted by atomic mass is 16.2. The van der Waals surface area contributed by atoms with Gasteiger partial charge in [-0.1, -0.05) is 31.2 Å². The van der Waals surface area contributed by atoms with Crippen LogP contribution in [0.3, 0.4) is 0 Å². The van der Waals surface area contributed by atoms with Gasteiger partial charge in [-0.25, -0.2) is 0 Å². The van der Waals surface area contributed by atoms with E-state index in [1.807, 2.05) is 42.2 Å². The summed E-state index contributed by atoms with van der Waals surface area (Å²) in [4.78, 5) is 32.9. The first kappa shape index (κ1) is 18.3. The number of pyridine rings is 1. The topological polar surface area (TPSA) is 65.5 Å². The van der Waals surface area contributed by atoms with E-state index >= 15 is 0 Å². The SMILES string of the molecule is CCCNC(=O)CN1CCN(C(=O)Cc2cccc3cccnc23)CC1. The zero-order valence-electron chi connectivity index (χ0n) is 15.3. The maximum atomic E-state index is 12.7. The quantitative estimate of drug-likeness (QED) is 0.853. The van der Waals surface area contributed by atoms with Crippen molar-refractivity contribution in [3.63, 3.8) is 0 Å². The predicted molar refractivity (Wildman–Crippen MR) is 102 cm³/mol. The summed E-state index contributed by atoms with van der Waals surface area (Å²) in [5.74, 6) is 0.187. The Balaban J connectivity index is 1.53. The van der Waals surface area contributed by atoms with Crippen LogP contribution in [0.4, 0.5) is 0 Å². The molecule has 0 radical (unpaired) electrons. The van der Waals surface area contributed by atoms with Crippen LogP contribution in [-0.4, -0.2) is 65.9 Å². The van der Waals surface area contributed by atoms with Crippen LogP contribution in [-0.2, 0) is 16.0 Å². The van der Waals surface area contributed by atoms with Gasteiger partial charge in [-0.3, -0.25) is 19.5 Å². The molecule has 1 fully saturated rings. The van der Waals surface area contributed by atoms with Crippen molar-refractivity contribution in [3.05, 3.63) is 42.1 Å². The highest BCUT2D eigenvalue weighted by Crippen LogP contribution is 2.17. The summed E-state index contributed by atoms with van der Waals surface area (Å²) in [6.07, 6.45) is 3.07. The van der Waals surface area contributed by atoms with Gasteiger partial charge in [0, 0.05) is 44.3 Å². The first-order valence-corrected chi connectivity index (χ1v) is 9.27. The molecule has 26 heavy (non-hydrogen) atoms. The number of fused-ring (bicyclic) bond motifs is 1. The fourth-order valence-corrected chi connectivity index (χ4v) is 3.26. The molecule has 1 aliphatic rings. The standard InChI is InChI=1S/C20H26N4O2/c1-2-8-21-18(25)15-23-10-12-24(13-11-23)19(26)14-17-6-3-5-16-7-4-9-22-20(16)17/h3-7,9H,2,8,10-15H2,1H3,(H,21,25). The summed E-state index contributed by atoms with van der Waals surface area (Å²) in [5, 5.41) is 3.95. The molecule has 3 rings (SSSR count). The number of hydrogen-bond acceptors (Lipinski definition) is 4. The first-order valence-electron chi connectivity index (χ1n) is 9.27. The predicted octanol–water partition coefficient (Wildman–Crippen LogP) is 1.45. The van der Waals surface area contributed by atoms with Gasteiger partial charge in [0.15, 0.2) is 0 Å². The van der Waals surface area contributed by atoms with Crippen LogP contribution in [0.15, 0.2) is 36.5 Å². The lowest BCUT2D eigenvalue weighted by Gasteiger charge is -2.34. The molecular formula is C20H26N4O2. The molecule has 6 heteroatoms. The van der Waals surface area contributed by atoms with Gasteiger partial charge in [-0.05, 0) is 18.1 Å². The van der Waals surface area contributed by atoms with Crippen molar-refractivity contribution >= 4 is 22.7 Å². The van der Waals surface area contributed by atoms with Crippen LogP contribution >= 0.6 is 0 Å². The van der Waals surface area contributed by atoms with Crippen LogP contribution in [0.2, 0.25) is 0 Å². The van der Waals surface area contributed by atoms with E-state index in [0.29, 0.717) is 26.1 Å². The van der Waals surface area contributed by atoms with Gasteiger partial charge in [0.1, 0.15) is 0 Å². The van der Waals surface area contributed by atoms with Crippen LogP contribution < -0.4 is 5.32 Å². The van der Waals surface area contributed by atoms with Gasteiger partial charge < -0.3 is 10.2 Å². The Bertz CT molecular complexity index is 764. The third-order valence-electron chi connectivity index (χ3n) is 4.72. The van der Waals surface area contributed by atoms with Crippen molar-refractivity contribution in [2.45, 2.75) is 19.8 Å². The summed E-state index contributed by atoms with van der Waals surface area (Å²) in [5.41, 5.74) is 1.86. The lowest BCUT2D eigenvalue weighted by Crippen LogP contribution is -2.51. The third-order valence-corrected chi connectivity index (χ3v) is 4.72. The second kappa shape index (κ2) is 8.76. The summed E-state index contributed by atoms with van der Waals surface area (Å²) in [7, 11) is 0. The zero-order chi connectivity index (χ0) is 18.4. The number of carbonyl (C=O) groups excluding carboxylic acids is 2. The number of rotatable bonds is 6. The molecule has 0 atom stereocenters. The molecule has 2 amide bonds. The summed E-state index contributed by atoms with van der Waals surface area (Å²) < 4.78 is 0. The molecule has 0 spiro atoms. The van der Waals surface area contributed by atoms with Crippen LogP contribution in [0, 0.1) is 0 Å². The zero-order valence-corrected chi connectivity index (χ0v) is 15.3. The fraction of sp³-hybridized carbons (Fsp3) is 0.450. The molecule has 0 saturated carbocycles. The Morgan fingerprint density at radius 1 is 1.12 bits per heavy atom. The minimum atomic E-state index is 0.0634. The number of carbonyl (C=O) groups is 2. The molecule has 1 saturated heterocycles. The van der Waals surface area contributed by atoms with E-state index < -0.39 is 0 Å². The lowest BCUT2D eigenvalue weighted by molar-refractivity contribution is -0.132. The summed E-state index contributed by atoms with van der Waals surface area (Å²) in [6, 6.07) is 9.88. The molecule has 1 aromatic carbocycles. The molecule has 0 bridgehead atoms. The van der Waals surface area contributed by atoms with Crippen molar-refractivity contribution in [3.8, 4) is 0 Å². The molecular weight excluding hydrogens is 328 g/mol. The van der Waals surface area contributed by atoms with E-state index in [2.05, 4.69) is 15.2 Å². The highest BCUT2D eigenvalue weighted by molar-refractivity contribution is 5.87. The third kappa shape index (κ3) is 4.58. The number of benzene rings is 1.